The van der Waals surface area contributed by atoms with Crippen molar-refractivity contribution >= 4 is 32.3 Å². The van der Waals surface area contributed by atoms with Crippen molar-refractivity contribution in [3.63, 3.8) is 0 Å². The van der Waals surface area contributed by atoms with Crippen molar-refractivity contribution in [3.05, 3.63) is 60.2 Å². The zero-order valence-electron chi connectivity index (χ0n) is 14.2. The molecule has 0 heterocycles. The largest absolute Gasteiger partial charge is 0.368 e. The number of rotatable bonds is 3. The molecule has 4 aromatic carbocycles. The molecule has 0 radical (unpaired) electrons. The van der Waals surface area contributed by atoms with Crippen LogP contribution in [0.3, 0.4) is 0 Å². The number of benzene rings is 4. The molecule has 0 amide bonds. The summed E-state index contributed by atoms with van der Waals surface area (Å²) in [6.45, 7) is 8.54. The van der Waals surface area contributed by atoms with Crippen LogP contribution in [0.15, 0.2) is 54.6 Å². The molecule has 0 N–H and O–H groups in total. The average Bonchev–Trinajstić information content (AvgIpc) is 2.51. The van der Waals surface area contributed by atoms with Crippen LogP contribution in [0.4, 0.5) is 0 Å². The van der Waals surface area contributed by atoms with Gasteiger partial charge in [-0.05, 0) is 71.6 Å². The van der Waals surface area contributed by atoms with Crippen molar-refractivity contribution in [2.24, 2.45) is 0 Å². The van der Waals surface area contributed by atoms with E-state index in [0.29, 0.717) is 0 Å². The third-order valence-corrected chi connectivity index (χ3v) is 4.69. The third kappa shape index (κ3) is 2.19. The van der Waals surface area contributed by atoms with Gasteiger partial charge >= 0.3 is 0 Å². The fourth-order valence-corrected chi connectivity index (χ4v) is 3.91. The maximum atomic E-state index is 6.25. The molecule has 0 unspecified atom stereocenters. The summed E-state index contributed by atoms with van der Waals surface area (Å²) in [7, 11) is 0. The van der Waals surface area contributed by atoms with E-state index in [2.05, 4.69) is 82.3 Å². The fraction of sp³-hybridized carbons (Fsp3) is 0.273. The van der Waals surface area contributed by atoms with Crippen LogP contribution in [0.5, 0.6) is 0 Å². The van der Waals surface area contributed by atoms with E-state index >= 15 is 0 Å². The lowest BCUT2D eigenvalue weighted by Gasteiger charge is -2.30. The van der Waals surface area contributed by atoms with E-state index in [1.54, 1.807) is 0 Å². The highest BCUT2D eigenvalue weighted by atomic mass is 16.5. The van der Waals surface area contributed by atoms with Crippen LogP contribution in [-0.4, -0.2) is 6.10 Å². The summed E-state index contributed by atoms with van der Waals surface area (Å²) in [5.41, 5.74) is 0.945. The van der Waals surface area contributed by atoms with Crippen LogP contribution in [-0.2, 0) is 10.3 Å². The van der Waals surface area contributed by atoms with Crippen molar-refractivity contribution in [2.75, 3.05) is 0 Å². The smallest absolute Gasteiger partial charge is 0.0884 e. The molecule has 0 saturated carbocycles. The maximum Gasteiger partial charge on any atom is 0.0884 e. The van der Waals surface area contributed by atoms with Gasteiger partial charge in [0.15, 0.2) is 0 Å². The molecule has 23 heavy (non-hydrogen) atoms. The van der Waals surface area contributed by atoms with Crippen LogP contribution in [0.25, 0.3) is 32.3 Å². The van der Waals surface area contributed by atoms with E-state index in [0.717, 1.165) is 0 Å². The van der Waals surface area contributed by atoms with E-state index in [-0.39, 0.29) is 11.7 Å². The molecule has 4 rings (SSSR count). The highest BCUT2D eigenvalue weighted by Gasteiger charge is 2.26. The van der Waals surface area contributed by atoms with Gasteiger partial charge in [-0.15, -0.1) is 0 Å². The van der Waals surface area contributed by atoms with Gasteiger partial charge in [-0.3, -0.25) is 0 Å². The molecule has 0 atom stereocenters. The molecule has 0 aromatic heterocycles. The quantitative estimate of drug-likeness (QED) is 0.407. The Morgan fingerprint density at radius 2 is 1.39 bits per heavy atom. The molecule has 0 bridgehead atoms. The Morgan fingerprint density at radius 3 is 2.09 bits per heavy atom. The lowest BCUT2D eigenvalue weighted by atomic mass is 9.86. The van der Waals surface area contributed by atoms with Gasteiger partial charge in [0, 0.05) is 0 Å². The highest BCUT2D eigenvalue weighted by Crippen LogP contribution is 2.41. The van der Waals surface area contributed by atoms with E-state index < -0.39 is 0 Å². The standard InChI is InChI=1S/C22H22O/c1-14(2)23-22(3,4)19-13-17-9-5-7-15-11-12-16-8-6-10-18(19)21(16)20(15)17/h5-14H,1-4H3. The molecule has 0 fully saturated rings. The topological polar surface area (TPSA) is 9.23 Å². The van der Waals surface area contributed by atoms with Crippen LogP contribution in [0.1, 0.15) is 33.3 Å². The Balaban J connectivity index is 2.16. The van der Waals surface area contributed by atoms with Gasteiger partial charge in [-0.2, -0.15) is 0 Å². The van der Waals surface area contributed by atoms with Crippen LogP contribution >= 0.6 is 0 Å². The Labute approximate surface area is 137 Å². The average molecular weight is 302 g/mol. The highest BCUT2D eigenvalue weighted by molar-refractivity contribution is 6.23. The molecule has 0 spiro atoms. The minimum Gasteiger partial charge on any atom is -0.368 e. The summed E-state index contributed by atoms with van der Waals surface area (Å²) in [5.74, 6) is 0. The van der Waals surface area contributed by atoms with Crippen molar-refractivity contribution in [1.82, 2.24) is 0 Å². The second-order valence-corrected chi connectivity index (χ2v) is 7.15. The molecular weight excluding hydrogens is 280 g/mol. The molecule has 0 aliphatic rings. The monoisotopic (exact) mass is 302 g/mol. The van der Waals surface area contributed by atoms with Crippen molar-refractivity contribution in [1.29, 1.82) is 0 Å². The third-order valence-electron chi connectivity index (χ3n) is 4.69. The van der Waals surface area contributed by atoms with Gasteiger partial charge in [0.1, 0.15) is 0 Å². The van der Waals surface area contributed by atoms with E-state index in [4.69, 9.17) is 4.74 Å². The van der Waals surface area contributed by atoms with Gasteiger partial charge in [0.2, 0.25) is 0 Å². The van der Waals surface area contributed by atoms with Gasteiger partial charge < -0.3 is 4.74 Å². The van der Waals surface area contributed by atoms with E-state index in [9.17, 15) is 0 Å². The van der Waals surface area contributed by atoms with Gasteiger partial charge in [0.05, 0.1) is 11.7 Å². The minimum atomic E-state index is -0.321. The number of hydrogen-bond donors (Lipinski definition) is 0. The molecular formula is C22H22O. The Bertz CT molecular complexity index is 995. The number of hydrogen-bond acceptors (Lipinski definition) is 1. The first kappa shape index (κ1) is 14.5. The lowest BCUT2D eigenvalue weighted by molar-refractivity contribution is -0.0589. The summed E-state index contributed by atoms with van der Waals surface area (Å²) >= 11 is 0. The Morgan fingerprint density at radius 1 is 0.783 bits per heavy atom. The minimum absolute atomic E-state index is 0.193. The summed E-state index contributed by atoms with van der Waals surface area (Å²) in [4.78, 5) is 0. The first-order valence-electron chi connectivity index (χ1n) is 8.32. The molecule has 0 aliphatic carbocycles. The zero-order chi connectivity index (χ0) is 16.2. The summed E-state index contributed by atoms with van der Waals surface area (Å²) in [6, 6.07) is 19.9. The normalized spacial score (nSPS) is 12.9. The molecule has 0 saturated heterocycles. The Kier molecular flexibility index (Phi) is 3.11. The van der Waals surface area contributed by atoms with Gasteiger partial charge in [-0.1, -0.05) is 48.5 Å². The fourth-order valence-electron chi connectivity index (χ4n) is 3.91. The zero-order valence-corrected chi connectivity index (χ0v) is 14.2. The molecule has 1 heteroatoms. The van der Waals surface area contributed by atoms with Crippen LogP contribution < -0.4 is 0 Å². The number of ether oxygens (including phenoxy) is 1. The summed E-state index contributed by atoms with van der Waals surface area (Å²) in [6.07, 6.45) is 0.193. The summed E-state index contributed by atoms with van der Waals surface area (Å²) < 4.78 is 6.25. The second-order valence-electron chi connectivity index (χ2n) is 7.15. The lowest BCUT2D eigenvalue weighted by Crippen LogP contribution is -2.25. The Hall–Kier alpha value is -2.12. The summed E-state index contributed by atoms with van der Waals surface area (Å²) in [5, 5.41) is 7.93. The maximum absolute atomic E-state index is 6.25. The predicted molar refractivity (Wildman–Crippen MR) is 99.4 cm³/mol. The van der Waals surface area contributed by atoms with Crippen molar-refractivity contribution in [3.8, 4) is 0 Å². The first-order chi connectivity index (χ1) is 11.0. The van der Waals surface area contributed by atoms with Gasteiger partial charge in [0.25, 0.3) is 0 Å². The van der Waals surface area contributed by atoms with Crippen molar-refractivity contribution < 1.29 is 4.74 Å². The van der Waals surface area contributed by atoms with Crippen LogP contribution in [0, 0.1) is 0 Å². The molecule has 1 nitrogen and oxygen atoms in total. The van der Waals surface area contributed by atoms with Crippen LogP contribution in [0.2, 0.25) is 0 Å². The van der Waals surface area contributed by atoms with E-state index in [1.807, 2.05) is 0 Å². The predicted octanol–water partition coefficient (Wildman–Crippen LogP) is 6.24. The van der Waals surface area contributed by atoms with Gasteiger partial charge in [-0.25, -0.2) is 0 Å². The molecule has 116 valence electrons. The first-order valence-corrected chi connectivity index (χ1v) is 8.32. The second kappa shape index (κ2) is 4.94. The SMILES string of the molecule is CC(C)OC(C)(C)c1cc2cccc3ccc4cccc1c4c32. The molecule has 0 aliphatic heterocycles. The van der Waals surface area contributed by atoms with Crippen molar-refractivity contribution in [2.45, 2.75) is 39.4 Å². The molecule has 4 aromatic rings. The van der Waals surface area contributed by atoms with E-state index in [1.165, 1.54) is 37.9 Å².